The van der Waals surface area contributed by atoms with Gasteiger partial charge in [-0.1, -0.05) is 35.5 Å². The number of methoxy groups -OCH3 is 2. The van der Waals surface area contributed by atoms with Crippen molar-refractivity contribution in [3.63, 3.8) is 0 Å². The zero-order chi connectivity index (χ0) is 20.6. The quantitative estimate of drug-likeness (QED) is 0.468. The Labute approximate surface area is 183 Å². The van der Waals surface area contributed by atoms with Crippen LogP contribution in [0.2, 0.25) is 5.02 Å². The minimum Gasteiger partial charge on any atom is -0.497 e. The molecule has 152 valence electrons. The van der Waals surface area contributed by atoms with Gasteiger partial charge in [-0.2, -0.15) is 0 Å². The molecule has 29 heavy (non-hydrogen) atoms. The molecule has 0 bridgehead atoms. The molecule has 0 radical (unpaired) electrons. The molecule has 1 heterocycles. The Balaban J connectivity index is 1.50. The van der Waals surface area contributed by atoms with E-state index in [2.05, 4.69) is 10.3 Å². The summed E-state index contributed by atoms with van der Waals surface area (Å²) in [5.41, 5.74) is 2.86. The van der Waals surface area contributed by atoms with E-state index in [9.17, 15) is 4.79 Å². The molecular formula is C21H21ClN2O3S2. The van der Waals surface area contributed by atoms with E-state index < -0.39 is 0 Å². The largest absolute Gasteiger partial charge is 0.497 e. The van der Waals surface area contributed by atoms with Crippen molar-refractivity contribution >= 4 is 40.6 Å². The van der Waals surface area contributed by atoms with E-state index >= 15 is 0 Å². The van der Waals surface area contributed by atoms with Crippen molar-refractivity contribution in [2.24, 2.45) is 0 Å². The molecule has 8 heteroatoms. The van der Waals surface area contributed by atoms with Crippen LogP contribution in [0.1, 0.15) is 16.8 Å². The second kappa shape index (κ2) is 10.5. The minimum absolute atomic E-state index is 0.0562. The molecule has 0 aliphatic heterocycles. The van der Waals surface area contributed by atoms with Crippen molar-refractivity contribution in [1.82, 2.24) is 10.3 Å². The highest BCUT2D eigenvalue weighted by Gasteiger charge is 2.09. The molecule has 1 aromatic heterocycles. The van der Waals surface area contributed by atoms with Crippen molar-refractivity contribution in [2.45, 2.75) is 23.1 Å². The van der Waals surface area contributed by atoms with Crippen molar-refractivity contribution < 1.29 is 14.3 Å². The Bertz CT molecular complexity index is 939. The van der Waals surface area contributed by atoms with Gasteiger partial charge in [-0.25, -0.2) is 4.98 Å². The molecule has 0 aliphatic carbocycles. The lowest BCUT2D eigenvalue weighted by Crippen LogP contribution is -2.24. The topological polar surface area (TPSA) is 60.5 Å². The zero-order valence-corrected chi connectivity index (χ0v) is 18.5. The Hall–Kier alpha value is -2.22. The van der Waals surface area contributed by atoms with Crippen LogP contribution in [0.5, 0.6) is 11.5 Å². The fourth-order valence-electron chi connectivity index (χ4n) is 2.56. The lowest BCUT2D eigenvalue weighted by Gasteiger charge is -2.07. The molecule has 0 saturated carbocycles. The number of amides is 1. The molecule has 1 N–H and O–H groups in total. The number of thioether (sulfide) groups is 1. The van der Waals surface area contributed by atoms with Crippen LogP contribution in [0.4, 0.5) is 0 Å². The van der Waals surface area contributed by atoms with Gasteiger partial charge in [0.15, 0.2) is 0 Å². The highest BCUT2D eigenvalue weighted by Crippen LogP contribution is 2.30. The first-order valence-electron chi connectivity index (χ1n) is 8.86. The average Bonchev–Trinajstić information content (AvgIpc) is 3.18. The maximum Gasteiger partial charge on any atom is 0.226 e. The van der Waals surface area contributed by atoms with Gasteiger partial charge in [0, 0.05) is 28.8 Å². The van der Waals surface area contributed by atoms with Crippen LogP contribution in [0.15, 0.2) is 52.2 Å². The lowest BCUT2D eigenvalue weighted by molar-refractivity contribution is -0.120. The number of thiazole rings is 1. The zero-order valence-electron chi connectivity index (χ0n) is 16.1. The van der Waals surface area contributed by atoms with E-state index in [0.717, 1.165) is 38.4 Å². The van der Waals surface area contributed by atoms with E-state index in [1.54, 1.807) is 37.3 Å². The van der Waals surface area contributed by atoms with E-state index in [4.69, 9.17) is 21.1 Å². The van der Waals surface area contributed by atoms with Crippen LogP contribution >= 0.6 is 34.7 Å². The fraction of sp³-hybridized carbons (Fsp3) is 0.238. The van der Waals surface area contributed by atoms with Crippen LogP contribution in [0.3, 0.4) is 0 Å². The summed E-state index contributed by atoms with van der Waals surface area (Å²) >= 11 is 9.04. The molecule has 1 amide bonds. The maximum atomic E-state index is 12.2. The third-order valence-corrected chi connectivity index (χ3v) is 6.44. The van der Waals surface area contributed by atoms with Crippen LogP contribution in [0.25, 0.3) is 0 Å². The van der Waals surface area contributed by atoms with Gasteiger partial charge in [-0.15, -0.1) is 11.3 Å². The van der Waals surface area contributed by atoms with Gasteiger partial charge >= 0.3 is 0 Å². The number of ether oxygens (including phenoxy) is 2. The van der Waals surface area contributed by atoms with E-state index in [1.807, 2.05) is 47.8 Å². The Morgan fingerprint density at radius 2 is 1.79 bits per heavy atom. The molecule has 0 fully saturated rings. The first-order chi connectivity index (χ1) is 14.1. The van der Waals surface area contributed by atoms with Gasteiger partial charge in [0.2, 0.25) is 5.91 Å². The molecule has 0 atom stereocenters. The molecule has 0 saturated heterocycles. The summed E-state index contributed by atoms with van der Waals surface area (Å²) in [6.07, 6.45) is 0.262. The lowest BCUT2D eigenvalue weighted by atomic mass is 10.2. The molecule has 0 unspecified atom stereocenters. The summed E-state index contributed by atoms with van der Waals surface area (Å²) in [4.78, 5) is 16.7. The van der Waals surface area contributed by atoms with Gasteiger partial charge < -0.3 is 14.8 Å². The molecule has 3 rings (SSSR count). The monoisotopic (exact) mass is 448 g/mol. The Morgan fingerprint density at radius 3 is 2.45 bits per heavy atom. The standard InChI is InChI=1S/C21H21ClN2O3S2/c1-26-18-7-15(8-19(10-18)27-2)12-28-21-24-17(13-29-21)9-20(25)23-11-14-3-5-16(22)6-4-14/h3-8,10,13H,9,11-12H2,1-2H3,(H,23,25). The summed E-state index contributed by atoms with van der Waals surface area (Å²) in [7, 11) is 3.27. The number of hydrogen-bond donors (Lipinski definition) is 1. The number of nitrogens with zero attached hydrogens (tertiary/aromatic N) is 1. The van der Waals surface area contributed by atoms with E-state index in [1.165, 1.54) is 0 Å². The number of rotatable bonds is 9. The van der Waals surface area contributed by atoms with Gasteiger partial charge in [0.05, 0.1) is 26.3 Å². The highest BCUT2D eigenvalue weighted by molar-refractivity contribution is 8.00. The van der Waals surface area contributed by atoms with Gasteiger partial charge in [0.1, 0.15) is 15.8 Å². The van der Waals surface area contributed by atoms with Crippen LogP contribution in [-0.4, -0.2) is 25.1 Å². The van der Waals surface area contributed by atoms with Crippen LogP contribution < -0.4 is 14.8 Å². The number of aromatic nitrogens is 1. The number of nitrogens with one attached hydrogen (secondary N) is 1. The molecule has 0 spiro atoms. The molecular weight excluding hydrogens is 428 g/mol. The molecule has 3 aromatic rings. The number of benzene rings is 2. The smallest absolute Gasteiger partial charge is 0.226 e. The second-order valence-corrected chi connectivity index (χ2v) is 8.71. The summed E-state index contributed by atoms with van der Waals surface area (Å²) < 4.78 is 11.5. The van der Waals surface area contributed by atoms with Crippen LogP contribution in [-0.2, 0) is 23.5 Å². The van der Waals surface area contributed by atoms with Crippen molar-refractivity contribution in [1.29, 1.82) is 0 Å². The minimum atomic E-state index is -0.0562. The molecule has 2 aromatic carbocycles. The third kappa shape index (κ3) is 6.66. The SMILES string of the molecule is COc1cc(CSc2nc(CC(=O)NCc3ccc(Cl)cc3)cs2)cc(OC)c1. The maximum absolute atomic E-state index is 12.2. The first kappa shape index (κ1) is 21.5. The highest BCUT2D eigenvalue weighted by atomic mass is 35.5. The van der Waals surface area contributed by atoms with Gasteiger partial charge in [-0.05, 0) is 35.4 Å². The Kier molecular flexibility index (Phi) is 7.80. The van der Waals surface area contributed by atoms with Crippen molar-refractivity contribution in [3.8, 4) is 11.5 Å². The number of hydrogen-bond acceptors (Lipinski definition) is 6. The van der Waals surface area contributed by atoms with Gasteiger partial charge in [0.25, 0.3) is 0 Å². The number of carbonyl (C=O) groups excluding carboxylic acids is 1. The second-order valence-electron chi connectivity index (χ2n) is 6.19. The molecule has 0 aliphatic rings. The molecule has 5 nitrogen and oxygen atoms in total. The fourth-order valence-corrected chi connectivity index (χ4v) is 4.46. The Morgan fingerprint density at radius 1 is 1.10 bits per heavy atom. The summed E-state index contributed by atoms with van der Waals surface area (Å²) in [5, 5.41) is 5.51. The summed E-state index contributed by atoms with van der Waals surface area (Å²) in [5.74, 6) is 2.21. The normalized spacial score (nSPS) is 10.6. The summed E-state index contributed by atoms with van der Waals surface area (Å²) in [6, 6.07) is 13.2. The van der Waals surface area contributed by atoms with Crippen molar-refractivity contribution in [2.75, 3.05) is 14.2 Å². The van der Waals surface area contributed by atoms with E-state index in [0.29, 0.717) is 11.6 Å². The predicted molar refractivity (Wildman–Crippen MR) is 118 cm³/mol. The van der Waals surface area contributed by atoms with Gasteiger partial charge in [-0.3, -0.25) is 4.79 Å². The number of carbonyl (C=O) groups is 1. The third-order valence-electron chi connectivity index (χ3n) is 4.05. The number of halogens is 1. The first-order valence-corrected chi connectivity index (χ1v) is 11.1. The van der Waals surface area contributed by atoms with E-state index in [-0.39, 0.29) is 12.3 Å². The average molecular weight is 449 g/mol. The van der Waals surface area contributed by atoms with Crippen molar-refractivity contribution in [3.05, 3.63) is 69.7 Å². The predicted octanol–water partition coefficient (Wildman–Crippen LogP) is 4.96. The summed E-state index contributed by atoms with van der Waals surface area (Å²) in [6.45, 7) is 0.472. The van der Waals surface area contributed by atoms with Crippen LogP contribution in [0, 0.1) is 0 Å².